The molecular formula is C9H10F2N2O3. The van der Waals surface area contributed by atoms with Crippen LogP contribution in [0.15, 0.2) is 11.0 Å². The molecule has 0 bridgehead atoms. The van der Waals surface area contributed by atoms with Crippen molar-refractivity contribution >= 4 is 5.97 Å². The lowest BCUT2D eigenvalue weighted by molar-refractivity contribution is -0.136. The molecule has 88 valence electrons. The zero-order chi connectivity index (χ0) is 12.3. The lowest BCUT2D eigenvalue weighted by Crippen LogP contribution is -2.22. The van der Waals surface area contributed by atoms with Crippen LogP contribution in [0.25, 0.3) is 0 Å². The van der Waals surface area contributed by atoms with Crippen LogP contribution in [-0.2, 0) is 17.8 Å². The molecule has 7 heteroatoms. The van der Waals surface area contributed by atoms with Crippen LogP contribution in [0.2, 0.25) is 0 Å². The Bertz CT molecular complexity index is 457. The van der Waals surface area contributed by atoms with Gasteiger partial charge in [0, 0.05) is 24.0 Å². The summed E-state index contributed by atoms with van der Waals surface area (Å²) in [6.45, 7) is -0.279. The molecule has 0 aromatic carbocycles. The van der Waals surface area contributed by atoms with E-state index in [1.165, 1.54) is 0 Å². The number of hydrogen-bond donors (Lipinski definition) is 3. The van der Waals surface area contributed by atoms with Crippen molar-refractivity contribution in [3.05, 3.63) is 33.2 Å². The number of alkyl halides is 2. The number of nitrogens with two attached hydrogens (primary N) is 1. The van der Waals surface area contributed by atoms with Gasteiger partial charge in [0.05, 0.1) is 12.0 Å². The molecular weight excluding hydrogens is 222 g/mol. The molecule has 1 heterocycles. The van der Waals surface area contributed by atoms with Gasteiger partial charge >= 0.3 is 5.97 Å². The van der Waals surface area contributed by atoms with Crippen molar-refractivity contribution in [2.75, 3.05) is 0 Å². The summed E-state index contributed by atoms with van der Waals surface area (Å²) in [4.78, 5) is 24.3. The smallest absolute Gasteiger partial charge is 0.309 e. The minimum atomic E-state index is -2.91. The molecule has 0 unspecified atom stereocenters. The third-order valence-corrected chi connectivity index (χ3v) is 2.07. The highest BCUT2D eigenvalue weighted by Gasteiger charge is 2.18. The molecule has 0 spiro atoms. The van der Waals surface area contributed by atoms with E-state index in [2.05, 4.69) is 4.98 Å². The Morgan fingerprint density at radius 3 is 2.62 bits per heavy atom. The maximum Gasteiger partial charge on any atom is 0.309 e. The van der Waals surface area contributed by atoms with Gasteiger partial charge in [-0.05, 0) is 0 Å². The van der Waals surface area contributed by atoms with Crippen LogP contribution in [0, 0.1) is 0 Å². The van der Waals surface area contributed by atoms with Crippen molar-refractivity contribution < 1.29 is 18.7 Å². The summed E-state index contributed by atoms with van der Waals surface area (Å²) in [6, 6.07) is 0. The Morgan fingerprint density at radius 1 is 1.56 bits per heavy atom. The van der Waals surface area contributed by atoms with Gasteiger partial charge in [-0.25, -0.2) is 8.78 Å². The van der Waals surface area contributed by atoms with Crippen molar-refractivity contribution in [3.8, 4) is 0 Å². The molecule has 0 aliphatic carbocycles. The maximum absolute atomic E-state index is 12.4. The highest BCUT2D eigenvalue weighted by Crippen LogP contribution is 2.15. The average molecular weight is 232 g/mol. The lowest BCUT2D eigenvalue weighted by Gasteiger charge is -2.07. The highest BCUT2D eigenvalue weighted by atomic mass is 19.3. The number of rotatable bonds is 4. The highest BCUT2D eigenvalue weighted by molar-refractivity contribution is 5.70. The van der Waals surface area contributed by atoms with Crippen molar-refractivity contribution in [2.45, 2.75) is 19.4 Å². The van der Waals surface area contributed by atoms with E-state index < -0.39 is 29.8 Å². The lowest BCUT2D eigenvalue weighted by atomic mass is 10.1. The fraction of sp³-hybridized carbons (Fsp3) is 0.333. The van der Waals surface area contributed by atoms with Crippen LogP contribution in [-0.4, -0.2) is 16.1 Å². The van der Waals surface area contributed by atoms with Gasteiger partial charge in [-0.15, -0.1) is 0 Å². The maximum atomic E-state index is 12.4. The standard InChI is InChI=1S/C9H10F2N2O3/c10-9(11)5-3-13-6(1-7(14)15)4(2-12)8(5)16/h3,9H,1-2,12H2,(H,13,16)(H,14,15). The fourth-order valence-corrected chi connectivity index (χ4v) is 1.32. The largest absolute Gasteiger partial charge is 0.481 e. The molecule has 0 aliphatic rings. The summed E-state index contributed by atoms with van der Waals surface area (Å²) in [6.07, 6.45) is -2.54. The van der Waals surface area contributed by atoms with Gasteiger partial charge in [0.15, 0.2) is 5.43 Å². The predicted molar refractivity (Wildman–Crippen MR) is 51.3 cm³/mol. The Labute approximate surface area is 88.9 Å². The molecule has 0 saturated carbocycles. The number of hydrogen-bond acceptors (Lipinski definition) is 3. The first-order valence-corrected chi connectivity index (χ1v) is 4.40. The number of H-pyrrole nitrogens is 1. The van der Waals surface area contributed by atoms with Crippen LogP contribution in [0.4, 0.5) is 8.78 Å². The number of aromatic amines is 1. The summed E-state index contributed by atoms with van der Waals surface area (Å²) in [5.74, 6) is -1.17. The number of nitrogens with one attached hydrogen (secondary N) is 1. The number of halogens is 2. The molecule has 0 amide bonds. The molecule has 4 N–H and O–H groups in total. The van der Waals surface area contributed by atoms with E-state index in [1.807, 2.05) is 0 Å². The molecule has 0 saturated heterocycles. The molecule has 0 atom stereocenters. The van der Waals surface area contributed by atoms with Gasteiger partial charge in [0.25, 0.3) is 6.43 Å². The number of aliphatic carboxylic acids is 1. The summed E-state index contributed by atoms with van der Waals surface area (Å²) < 4.78 is 24.7. The molecule has 1 aromatic heterocycles. The molecule has 0 radical (unpaired) electrons. The quantitative estimate of drug-likeness (QED) is 0.700. The average Bonchev–Trinajstić information content (AvgIpc) is 2.16. The Morgan fingerprint density at radius 2 is 2.19 bits per heavy atom. The fourth-order valence-electron chi connectivity index (χ4n) is 1.32. The first-order chi connectivity index (χ1) is 7.47. The van der Waals surface area contributed by atoms with E-state index in [0.29, 0.717) is 0 Å². The van der Waals surface area contributed by atoms with Gasteiger partial charge in [-0.2, -0.15) is 0 Å². The van der Waals surface area contributed by atoms with Crippen LogP contribution in [0.3, 0.4) is 0 Å². The number of carboxylic acids is 1. The van der Waals surface area contributed by atoms with E-state index >= 15 is 0 Å². The second-order valence-corrected chi connectivity index (χ2v) is 3.11. The van der Waals surface area contributed by atoms with E-state index in [9.17, 15) is 18.4 Å². The Kier molecular flexibility index (Phi) is 3.73. The van der Waals surface area contributed by atoms with Gasteiger partial charge in [-0.3, -0.25) is 9.59 Å². The van der Waals surface area contributed by atoms with Crippen LogP contribution in [0.5, 0.6) is 0 Å². The second kappa shape index (κ2) is 4.84. The van der Waals surface area contributed by atoms with Crippen molar-refractivity contribution in [3.63, 3.8) is 0 Å². The minimum absolute atomic E-state index is 0.0596. The van der Waals surface area contributed by atoms with E-state index in [-0.39, 0.29) is 17.8 Å². The van der Waals surface area contributed by atoms with Crippen LogP contribution in [0.1, 0.15) is 23.2 Å². The summed E-state index contributed by atoms with van der Waals surface area (Å²) >= 11 is 0. The number of carbonyl (C=O) groups is 1. The minimum Gasteiger partial charge on any atom is -0.481 e. The van der Waals surface area contributed by atoms with E-state index in [1.54, 1.807) is 0 Å². The van der Waals surface area contributed by atoms with Gasteiger partial charge in [0.2, 0.25) is 0 Å². The Hall–Kier alpha value is -1.76. The van der Waals surface area contributed by atoms with Crippen LogP contribution < -0.4 is 11.2 Å². The van der Waals surface area contributed by atoms with E-state index in [0.717, 1.165) is 6.20 Å². The summed E-state index contributed by atoms with van der Waals surface area (Å²) in [5.41, 5.74) is 3.59. The molecule has 0 fully saturated rings. The Balaban J connectivity index is 3.29. The summed E-state index contributed by atoms with van der Waals surface area (Å²) in [5, 5.41) is 8.55. The molecule has 1 aromatic rings. The van der Waals surface area contributed by atoms with Crippen molar-refractivity contribution in [1.29, 1.82) is 0 Å². The SMILES string of the molecule is NCc1c(CC(=O)O)[nH]cc(C(F)F)c1=O. The monoisotopic (exact) mass is 232 g/mol. The molecule has 5 nitrogen and oxygen atoms in total. The van der Waals surface area contributed by atoms with Gasteiger partial charge in [0.1, 0.15) is 0 Å². The van der Waals surface area contributed by atoms with Crippen molar-refractivity contribution in [1.82, 2.24) is 4.98 Å². The number of aromatic nitrogens is 1. The van der Waals surface area contributed by atoms with Gasteiger partial charge in [-0.1, -0.05) is 0 Å². The summed E-state index contributed by atoms with van der Waals surface area (Å²) in [7, 11) is 0. The number of carboxylic acid groups (broad SMARTS) is 1. The second-order valence-electron chi connectivity index (χ2n) is 3.11. The molecule has 1 rings (SSSR count). The van der Waals surface area contributed by atoms with E-state index in [4.69, 9.17) is 10.8 Å². The zero-order valence-electron chi connectivity index (χ0n) is 8.17. The molecule has 16 heavy (non-hydrogen) atoms. The molecule has 0 aliphatic heterocycles. The first-order valence-electron chi connectivity index (χ1n) is 4.40. The normalized spacial score (nSPS) is 10.8. The van der Waals surface area contributed by atoms with Crippen LogP contribution >= 0.6 is 0 Å². The van der Waals surface area contributed by atoms with Crippen molar-refractivity contribution in [2.24, 2.45) is 5.73 Å². The first kappa shape index (κ1) is 12.3. The predicted octanol–water partition coefficient (Wildman–Crippen LogP) is 0.398. The number of pyridine rings is 1. The third kappa shape index (κ3) is 2.43. The van der Waals surface area contributed by atoms with Gasteiger partial charge < -0.3 is 15.8 Å². The topological polar surface area (TPSA) is 96.2 Å². The third-order valence-electron chi connectivity index (χ3n) is 2.07. The zero-order valence-corrected chi connectivity index (χ0v) is 8.17.